The van der Waals surface area contributed by atoms with Crippen molar-refractivity contribution in [3.05, 3.63) is 29.6 Å². The van der Waals surface area contributed by atoms with Crippen molar-refractivity contribution in [3.8, 4) is 0 Å². The van der Waals surface area contributed by atoms with E-state index < -0.39 is 23.4 Å². The molecular weight excluding hydrogens is 291 g/mol. The van der Waals surface area contributed by atoms with Gasteiger partial charge in [0.05, 0.1) is 5.56 Å². The van der Waals surface area contributed by atoms with E-state index in [4.69, 9.17) is 0 Å². The van der Waals surface area contributed by atoms with Crippen molar-refractivity contribution >= 4 is 0 Å². The van der Waals surface area contributed by atoms with Crippen LogP contribution in [-0.4, -0.2) is 18.1 Å². The van der Waals surface area contributed by atoms with Gasteiger partial charge in [0, 0.05) is 12.6 Å². The zero-order valence-electron chi connectivity index (χ0n) is 11.4. The molecule has 0 unspecified atom stereocenters. The number of hydrogen-bond acceptors (Lipinski definition) is 2. The minimum Gasteiger partial charge on any atom is -0.317 e. The average molecular weight is 308 g/mol. The number of aromatic nitrogens is 1. The van der Waals surface area contributed by atoms with Gasteiger partial charge in [-0.1, -0.05) is 0 Å². The molecule has 0 atom stereocenters. The summed E-state index contributed by atoms with van der Waals surface area (Å²) >= 11 is 0. The van der Waals surface area contributed by atoms with Crippen LogP contribution in [0.25, 0.3) is 0 Å². The lowest BCUT2D eigenvalue weighted by atomic mass is 9.91. The molecule has 0 amide bonds. The van der Waals surface area contributed by atoms with Gasteiger partial charge in [0.1, 0.15) is 5.69 Å². The van der Waals surface area contributed by atoms with Crippen LogP contribution in [0.4, 0.5) is 22.0 Å². The van der Waals surface area contributed by atoms with E-state index in [2.05, 4.69) is 10.3 Å². The quantitative estimate of drug-likeness (QED) is 0.851. The number of rotatable bonds is 4. The van der Waals surface area contributed by atoms with Gasteiger partial charge in [0.15, 0.2) is 0 Å². The Hall–Kier alpha value is -1.24. The summed E-state index contributed by atoms with van der Waals surface area (Å²) in [6, 6.07) is 1.42. The average Bonchev–Trinajstić information content (AvgIpc) is 2.46. The van der Waals surface area contributed by atoms with Gasteiger partial charge in [-0.3, -0.25) is 4.98 Å². The number of halogens is 5. The van der Waals surface area contributed by atoms with Gasteiger partial charge in [-0.2, -0.15) is 22.0 Å². The van der Waals surface area contributed by atoms with E-state index in [1.807, 2.05) is 0 Å². The fourth-order valence-electron chi connectivity index (χ4n) is 2.46. The molecule has 0 bridgehead atoms. The maximum atomic E-state index is 14.0. The van der Waals surface area contributed by atoms with Gasteiger partial charge in [-0.25, -0.2) is 0 Å². The molecule has 0 radical (unpaired) electrons. The summed E-state index contributed by atoms with van der Waals surface area (Å²) in [5.41, 5.74) is -1.61. The van der Waals surface area contributed by atoms with E-state index in [1.54, 1.807) is 0 Å². The van der Waals surface area contributed by atoms with Crippen LogP contribution in [0.1, 0.15) is 36.9 Å². The van der Waals surface area contributed by atoms with Crippen LogP contribution in [-0.2, 0) is 12.1 Å². The number of nitrogens with zero attached hydrogens (tertiary/aromatic N) is 1. The molecule has 118 valence electrons. The number of hydrogen-bond donors (Lipinski definition) is 1. The topological polar surface area (TPSA) is 24.9 Å². The Kier molecular flexibility index (Phi) is 4.81. The third-order valence-corrected chi connectivity index (χ3v) is 3.79. The molecule has 0 aliphatic carbocycles. The minimum atomic E-state index is -4.56. The largest absolute Gasteiger partial charge is 0.417 e. The summed E-state index contributed by atoms with van der Waals surface area (Å²) in [6.45, 7) is 1.66. The Bertz CT molecular complexity index is 449. The van der Waals surface area contributed by atoms with Crippen molar-refractivity contribution in [1.82, 2.24) is 10.3 Å². The van der Waals surface area contributed by atoms with Crippen molar-refractivity contribution in [2.75, 3.05) is 13.1 Å². The Labute approximate surface area is 119 Å². The first kappa shape index (κ1) is 16.1. The molecule has 2 rings (SSSR count). The van der Waals surface area contributed by atoms with Crippen molar-refractivity contribution in [2.24, 2.45) is 5.92 Å². The third kappa shape index (κ3) is 4.36. The Morgan fingerprint density at radius 1 is 1.10 bits per heavy atom. The molecule has 1 aliphatic rings. The predicted octanol–water partition coefficient (Wildman–Crippen LogP) is 3.97. The van der Waals surface area contributed by atoms with Gasteiger partial charge in [0.2, 0.25) is 0 Å². The van der Waals surface area contributed by atoms with Gasteiger partial charge in [0.25, 0.3) is 5.92 Å². The fourth-order valence-corrected chi connectivity index (χ4v) is 2.46. The SMILES string of the molecule is FC(F)(F)c1ccc(C(F)(F)CCC2CCNCC2)nc1. The summed E-state index contributed by atoms with van der Waals surface area (Å²) < 4.78 is 65.1. The number of nitrogens with one attached hydrogen (secondary N) is 1. The van der Waals surface area contributed by atoms with Crippen molar-refractivity contribution in [1.29, 1.82) is 0 Å². The van der Waals surface area contributed by atoms with Gasteiger partial charge in [-0.15, -0.1) is 0 Å². The van der Waals surface area contributed by atoms with Crippen LogP contribution in [0.2, 0.25) is 0 Å². The summed E-state index contributed by atoms with van der Waals surface area (Å²) in [4.78, 5) is 3.30. The lowest BCUT2D eigenvalue weighted by Crippen LogP contribution is -2.28. The normalized spacial score (nSPS) is 18.0. The molecule has 0 spiro atoms. The second kappa shape index (κ2) is 6.25. The molecule has 2 nitrogen and oxygen atoms in total. The van der Waals surface area contributed by atoms with Crippen LogP contribution in [0, 0.1) is 5.92 Å². The second-order valence-corrected chi connectivity index (χ2v) is 5.37. The number of pyridine rings is 1. The summed E-state index contributed by atoms with van der Waals surface area (Å²) in [7, 11) is 0. The van der Waals surface area contributed by atoms with Crippen LogP contribution in [0.5, 0.6) is 0 Å². The van der Waals surface area contributed by atoms with Crippen LogP contribution in [0.3, 0.4) is 0 Å². The van der Waals surface area contributed by atoms with E-state index in [-0.39, 0.29) is 12.3 Å². The zero-order valence-corrected chi connectivity index (χ0v) is 11.4. The summed E-state index contributed by atoms with van der Waals surface area (Å²) in [5.74, 6) is -2.94. The molecule has 0 aromatic carbocycles. The van der Waals surface area contributed by atoms with E-state index >= 15 is 0 Å². The molecule has 1 fully saturated rings. The van der Waals surface area contributed by atoms with Crippen molar-refractivity contribution in [2.45, 2.75) is 37.8 Å². The van der Waals surface area contributed by atoms with E-state index in [0.717, 1.165) is 32.0 Å². The first-order valence-corrected chi connectivity index (χ1v) is 6.91. The molecule has 1 aromatic rings. The molecule has 1 N–H and O–H groups in total. The lowest BCUT2D eigenvalue weighted by Gasteiger charge is -2.24. The molecular formula is C14H17F5N2. The number of alkyl halides is 5. The second-order valence-electron chi connectivity index (χ2n) is 5.37. The highest BCUT2D eigenvalue weighted by atomic mass is 19.4. The zero-order chi connectivity index (χ0) is 15.5. The van der Waals surface area contributed by atoms with Gasteiger partial charge >= 0.3 is 6.18 Å². The van der Waals surface area contributed by atoms with Crippen LogP contribution >= 0.6 is 0 Å². The third-order valence-electron chi connectivity index (χ3n) is 3.79. The molecule has 1 aliphatic heterocycles. The van der Waals surface area contributed by atoms with Crippen LogP contribution < -0.4 is 5.32 Å². The molecule has 7 heteroatoms. The molecule has 1 saturated heterocycles. The monoisotopic (exact) mass is 308 g/mol. The maximum absolute atomic E-state index is 14.0. The molecule has 21 heavy (non-hydrogen) atoms. The fraction of sp³-hybridized carbons (Fsp3) is 0.643. The van der Waals surface area contributed by atoms with Crippen molar-refractivity contribution in [3.63, 3.8) is 0 Å². The number of piperidine rings is 1. The Morgan fingerprint density at radius 2 is 1.76 bits per heavy atom. The molecule has 1 aromatic heterocycles. The van der Waals surface area contributed by atoms with Crippen LogP contribution in [0.15, 0.2) is 18.3 Å². The summed E-state index contributed by atoms with van der Waals surface area (Å²) in [6.07, 6.45) is -2.40. The standard InChI is InChI=1S/C14H17F5N2/c15-13(16,6-3-10-4-7-20-8-5-10)12-2-1-11(9-21-12)14(17,18)19/h1-2,9-10,20H,3-8H2. The highest BCUT2D eigenvalue weighted by molar-refractivity contribution is 5.19. The summed E-state index contributed by atoms with van der Waals surface area (Å²) in [5, 5.41) is 3.16. The minimum absolute atomic E-state index is 0.242. The molecule has 2 heterocycles. The van der Waals surface area contributed by atoms with Gasteiger partial charge < -0.3 is 5.32 Å². The predicted molar refractivity (Wildman–Crippen MR) is 68.0 cm³/mol. The van der Waals surface area contributed by atoms with E-state index in [0.29, 0.717) is 18.7 Å². The first-order valence-electron chi connectivity index (χ1n) is 6.91. The highest BCUT2D eigenvalue weighted by Gasteiger charge is 2.36. The first-order chi connectivity index (χ1) is 9.79. The maximum Gasteiger partial charge on any atom is 0.417 e. The van der Waals surface area contributed by atoms with E-state index in [1.165, 1.54) is 0 Å². The molecule has 0 saturated carbocycles. The Morgan fingerprint density at radius 3 is 2.29 bits per heavy atom. The van der Waals surface area contributed by atoms with E-state index in [9.17, 15) is 22.0 Å². The van der Waals surface area contributed by atoms with Gasteiger partial charge in [-0.05, 0) is 50.4 Å². The smallest absolute Gasteiger partial charge is 0.317 e. The lowest BCUT2D eigenvalue weighted by molar-refractivity contribution is -0.138. The Balaban J connectivity index is 1.98. The van der Waals surface area contributed by atoms with Crippen molar-refractivity contribution < 1.29 is 22.0 Å². The highest BCUT2D eigenvalue weighted by Crippen LogP contribution is 2.36.